The van der Waals surface area contributed by atoms with Crippen LogP contribution in [0, 0.1) is 0 Å². The number of nitrogens with two attached hydrogens (primary N) is 1. The second kappa shape index (κ2) is 8.77. The highest BCUT2D eigenvalue weighted by atomic mass is 35.5. The van der Waals surface area contributed by atoms with E-state index in [4.69, 9.17) is 17.4 Å². The first-order chi connectivity index (χ1) is 13.4. The van der Waals surface area contributed by atoms with E-state index in [0.29, 0.717) is 32.9 Å². The molecule has 0 aliphatic rings. The number of carbonyl (C=O) groups is 2. The van der Waals surface area contributed by atoms with E-state index in [0.717, 1.165) is 11.8 Å². The molecule has 0 aliphatic heterocycles. The third-order valence-corrected chi connectivity index (χ3v) is 4.87. The molecule has 0 saturated carbocycles. The Labute approximate surface area is 170 Å². The Balaban J connectivity index is 1.59. The van der Waals surface area contributed by atoms with Crippen LogP contribution in [0.2, 0.25) is 5.02 Å². The molecular weight excluding hydrogens is 400 g/mol. The highest BCUT2D eigenvalue weighted by Crippen LogP contribution is 2.27. The van der Waals surface area contributed by atoms with E-state index in [9.17, 15) is 9.59 Å². The second-order valence-electron chi connectivity index (χ2n) is 5.75. The summed E-state index contributed by atoms with van der Waals surface area (Å²) in [5.74, 6) is 6.19. The third kappa shape index (κ3) is 4.81. The van der Waals surface area contributed by atoms with E-state index >= 15 is 0 Å². The van der Waals surface area contributed by atoms with Crippen molar-refractivity contribution in [1.29, 1.82) is 0 Å². The number of anilines is 2. The van der Waals surface area contributed by atoms with Crippen molar-refractivity contribution in [2.75, 3.05) is 22.2 Å². The summed E-state index contributed by atoms with van der Waals surface area (Å²) in [6, 6.07) is 14.0. The van der Waals surface area contributed by atoms with E-state index < -0.39 is 0 Å². The van der Waals surface area contributed by atoms with Crippen molar-refractivity contribution >= 4 is 46.6 Å². The van der Waals surface area contributed by atoms with Gasteiger partial charge < -0.3 is 16.5 Å². The summed E-state index contributed by atoms with van der Waals surface area (Å²) >= 11 is 7.33. The van der Waals surface area contributed by atoms with Crippen LogP contribution in [0.15, 0.2) is 53.7 Å². The molecule has 3 rings (SSSR count). The van der Waals surface area contributed by atoms with Crippen LogP contribution in [-0.4, -0.2) is 32.4 Å². The van der Waals surface area contributed by atoms with Gasteiger partial charge in [-0.15, -0.1) is 10.2 Å². The maximum absolute atomic E-state index is 12.2. The molecule has 0 atom stereocenters. The molecule has 2 amide bonds. The number of nitrogens with zero attached hydrogens (tertiary/aromatic N) is 3. The Morgan fingerprint density at radius 3 is 2.36 bits per heavy atom. The number of carbonyl (C=O) groups excluding carboxylic acids is 2. The number of halogens is 1. The fourth-order valence-corrected chi connectivity index (χ4v) is 3.25. The van der Waals surface area contributed by atoms with Gasteiger partial charge in [-0.3, -0.25) is 9.59 Å². The maximum Gasteiger partial charge on any atom is 0.234 e. The molecule has 8 nitrogen and oxygen atoms in total. The van der Waals surface area contributed by atoms with Gasteiger partial charge in [0.2, 0.25) is 17.0 Å². The molecule has 1 aromatic heterocycles. The summed E-state index contributed by atoms with van der Waals surface area (Å²) in [6.45, 7) is 1.43. The molecule has 10 heteroatoms. The lowest BCUT2D eigenvalue weighted by atomic mass is 10.2. The zero-order chi connectivity index (χ0) is 20.1. The Bertz CT molecular complexity index is 1010. The molecule has 0 radical (unpaired) electrons. The van der Waals surface area contributed by atoms with Crippen LogP contribution in [0.25, 0.3) is 11.4 Å². The summed E-state index contributed by atoms with van der Waals surface area (Å²) in [4.78, 5) is 23.2. The number of rotatable bonds is 6. The summed E-state index contributed by atoms with van der Waals surface area (Å²) < 4.78 is 1.31. The van der Waals surface area contributed by atoms with Gasteiger partial charge in [0, 0.05) is 23.9 Å². The van der Waals surface area contributed by atoms with Gasteiger partial charge in [-0.25, -0.2) is 4.68 Å². The smallest absolute Gasteiger partial charge is 0.234 e. The molecule has 0 unspecified atom stereocenters. The van der Waals surface area contributed by atoms with Gasteiger partial charge in [-0.05, 0) is 36.4 Å². The van der Waals surface area contributed by atoms with Crippen LogP contribution in [-0.2, 0) is 9.59 Å². The van der Waals surface area contributed by atoms with Crippen molar-refractivity contribution in [2.24, 2.45) is 0 Å². The van der Waals surface area contributed by atoms with Gasteiger partial charge in [0.1, 0.15) is 0 Å². The predicted octanol–water partition coefficient (Wildman–Crippen LogP) is 3.00. The van der Waals surface area contributed by atoms with E-state index in [2.05, 4.69) is 20.8 Å². The van der Waals surface area contributed by atoms with Crippen LogP contribution in [0.1, 0.15) is 6.92 Å². The molecule has 144 valence electrons. The topological polar surface area (TPSA) is 115 Å². The molecule has 3 aromatic rings. The van der Waals surface area contributed by atoms with Gasteiger partial charge in [-0.1, -0.05) is 35.5 Å². The zero-order valence-corrected chi connectivity index (χ0v) is 16.4. The highest BCUT2D eigenvalue weighted by molar-refractivity contribution is 7.99. The minimum atomic E-state index is -0.223. The van der Waals surface area contributed by atoms with Crippen LogP contribution >= 0.6 is 23.4 Å². The Kier molecular flexibility index (Phi) is 6.17. The van der Waals surface area contributed by atoms with Crippen molar-refractivity contribution in [3.8, 4) is 11.4 Å². The predicted molar refractivity (Wildman–Crippen MR) is 111 cm³/mol. The van der Waals surface area contributed by atoms with Crippen LogP contribution < -0.4 is 16.5 Å². The lowest BCUT2D eigenvalue weighted by Crippen LogP contribution is -2.16. The van der Waals surface area contributed by atoms with E-state index in [1.807, 2.05) is 12.1 Å². The molecule has 4 N–H and O–H groups in total. The SMILES string of the molecule is CC(=O)Nc1ccc(NC(=O)CSc2nnc(-c3ccccc3Cl)n2N)cc1. The second-order valence-corrected chi connectivity index (χ2v) is 7.10. The number of aromatic nitrogens is 3. The average Bonchev–Trinajstić information content (AvgIpc) is 3.02. The quantitative estimate of drug-likeness (QED) is 0.420. The molecule has 1 heterocycles. The van der Waals surface area contributed by atoms with Crippen molar-refractivity contribution in [2.45, 2.75) is 12.1 Å². The Morgan fingerprint density at radius 2 is 1.71 bits per heavy atom. The van der Waals surface area contributed by atoms with E-state index in [1.54, 1.807) is 36.4 Å². The van der Waals surface area contributed by atoms with Gasteiger partial charge in [0.05, 0.1) is 10.8 Å². The fraction of sp³-hybridized carbons (Fsp3) is 0.111. The zero-order valence-electron chi connectivity index (χ0n) is 14.8. The van der Waals surface area contributed by atoms with Crippen molar-refractivity contribution in [3.05, 3.63) is 53.6 Å². The Hall–Kier alpha value is -3.04. The monoisotopic (exact) mass is 416 g/mol. The van der Waals surface area contributed by atoms with Crippen LogP contribution in [0.5, 0.6) is 0 Å². The molecule has 0 bridgehead atoms. The molecular formula is C18H17ClN6O2S. The maximum atomic E-state index is 12.2. The fourth-order valence-electron chi connectivity index (χ4n) is 2.37. The number of thioether (sulfide) groups is 1. The first kappa shape index (κ1) is 19.7. The number of nitrogens with one attached hydrogen (secondary N) is 2. The average molecular weight is 417 g/mol. The molecule has 0 saturated heterocycles. The van der Waals surface area contributed by atoms with E-state index in [1.165, 1.54) is 11.6 Å². The highest BCUT2D eigenvalue weighted by Gasteiger charge is 2.15. The number of hydrogen-bond donors (Lipinski definition) is 3. The van der Waals surface area contributed by atoms with Gasteiger partial charge in [-0.2, -0.15) is 0 Å². The van der Waals surface area contributed by atoms with E-state index in [-0.39, 0.29) is 17.6 Å². The molecule has 0 aliphatic carbocycles. The number of hydrogen-bond acceptors (Lipinski definition) is 6. The molecule has 2 aromatic carbocycles. The summed E-state index contributed by atoms with van der Waals surface area (Å²) in [6.07, 6.45) is 0. The molecule has 0 spiro atoms. The summed E-state index contributed by atoms with van der Waals surface area (Å²) in [5.41, 5.74) is 1.93. The minimum absolute atomic E-state index is 0.102. The Morgan fingerprint density at radius 1 is 1.07 bits per heavy atom. The normalized spacial score (nSPS) is 10.5. The van der Waals surface area contributed by atoms with Gasteiger partial charge in [0.25, 0.3) is 0 Å². The largest absolute Gasteiger partial charge is 0.335 e. The molecule has 28 heavy (non-hydrogen) atoms. The summed E-state index contributed by atoms with van der Waals surface area (Å²) in [7, 11) is 0. The minimum Gasteiger partial charge on any atom is -0.335 e. The first-order valence-corrected chi connectivity index (χ1v) is 9.56. The summed E-state index contributed by atoms with van der Waals surface area (Å²) in [5, 5.41) is 14.4. The van der Waals surface area contributed by atoms with Crippen LogP contribution in [0.3, 0.4) is 0 Å². The standard InChI is InChI=1S/C18H17ClN6O2S/c1-11(26)21-12-6-8-13(9-7-12)22-16(27)10-28-18-24-23-17(25(18)20)14-4-2-3-5-15(14)19/h2-9H,10,20H2,1H3,(H,21,26)(H,22,27). The van der Waals surface area contributed by atoms with Crippen molar-refractivity contribution in [3.63, 3.8) is 0 Å². The number of benzene rings is 2. The molecule has 0 fully saturated rings. The van der Waals surface area contributed by atoms with Crippen LogP contribution in [0.4, 0.5) is 11.4 Å². The third-order valence-electron chi connectivity index (χ3n) is 3.60. The van der Waals surface area contributed by atoms with Crippen molar-refractivity contribution < 1.29 is 9.59 Å². The number of nitrogen functional groups attached to an aromatic ring is 1. The number of amides is 2. The van der Waals surface area contributed by atoms with Gasteiger partial charge >= 0.3 is 0 Å². The lowest BCUT2D eigenvalue weighted by molar-refractivity contribution is -0.114. The lowest BCUT2D eigenvalue weighted by Gasteiger charge is -2.07. The first-order valence-electron chi connectivity index (χ1n) is 8.19. The van der Waals surface area contributed by atoms with Crippen molar-refractivity contribution in [1.82, 2.24) is 14.9 Å². The van der Waals surface area contributed by atoms with Gasteiger partial charge in [0.15, 0.2) is 5.82 Å².